The van der Waals surface area contributed by atoms with Crippen LogP contribution in [0.2, 0.25) is 0 Å². The number of fused-ring (bicyclic) bond motifs is 5. The van der Waals surface area contributed by atoms with E-state index in [0.717, 1.165) is 80.8 Å². The number of ether oxygens (including phenoxy) is 4. The highest BCUT2D eigenvalue weighted by Crippen LogP contribution is 2.44. The molecule has 5 heterocycles. The highest BCUT2D eigenvalue weighted by Gasteiger charge is 2.40. The number of likely N-dealkylation sites (tertiary alicyclic amines) is 1. The molecule has 3 aromatic carbocycles. The summed E-state index contributed by atoms with van der Waals surface area (Å²) in [5.74, 6) is 2.11. The maximum atomic E-state index is 14.0. The van der Waals surface area contributed by atoms with Crippen molar-refractivity contribution in [3.63, 3.8) is 0 Å². The lowest BCUT2D eigenvalue weighted by Gasteiger charge is -2.34. The van der Waals surface area contributed by atoms with Crippen molar-refractivity contribution in [3.8, 4) is 39.4 Å². The van der Waals surface area contributed by atoms with Gasteiger partial charge in [-0.2, -0.15) is 0 Å². The fourth-order valence-corrected chi connectivity index (χ4v) is 8.67. The number of aliphatic hydroxyl groups excluding tert-OH is 1. The van der Waals surface area contributed by atoms with E-state index in [0.29, 0.717) is 58.1 Å². The average Bonchev–Trinajstić information content (AvgIpc) is 4.09. The molecule has 16 nitrogen and oxygen atoms in total. The lowest BCUT2D eigenvalue weighted by molar-refractivity contribution is -0.136. The molecule has 0 spiro atoms. The number of carbonyl (C=O) groups is 3. The van der Waals surface area contributed by atoms with Crippen molar-refractivity contribution in [1.82, 2.24) is 40.4 Å². The van der Waals surface area contributed by atoms with Crippen molar-refractivity contribution in [1.29, 1.82) is 0 Å². The summed E-state index contributed by atoms with van der Waals surface area (Å²) in [6.45, 7) is 5.17. The number of hydrogen-bond donors (Lipinski definition) is 5. The smallest absolute Gasteiger partial charge is 0.407 e. The standard InChI is InChI=1S/C44H52N8O8/c1-4-15-51(38(53)23-47-43(55)57-2)24-37-45-21-34(48-37)28-9-11-32-27(19-28)7-12-33-31-10-8-29(20-30(31)25-60-40(32)33)35-22-46-41(49-35)36-6-5-16-52(36)42(54)39(50-44(56)58-3)26-13-17-59-18-14-26/h7-12,19-22,26,36,38-39,53H,4-6,13-18,23-25H2,1-3H3,(H,45,48)(H,46,49)(H,47,55)(H,50,56). The summed E-state index contributed by atoms with van der Waals surface area (Å²) in [5, 5.41) is 18.1. The van der Waals surface area contributed by atoms with Gasteiger partial charge in [-0.15, -0.1) is 0 Å². The Bertz CT molecular complexity index is 2340. The number of amides is 3. The molecular formula is C44H52N8O8. The number of imidazole rings is 2. The third-order valence-corrected chi connectivity index (χ3v) is 11.8. The van der Waals surface area contributed by atoms with Crippen LogP contribution < -0.4 is 15.4 Å². The minimum atomic E-state index is -0.896. The first-order chi connectivity index (χ1) is 29.2. The van der Waals surface area contributed by atoms with Crippen LogP contribution in [0.4, 0.5) is 9.59 Å². The van der Waals surface area contributed by atoms with E-state index < -0.39 is 24.5 Å². The van der Waals surface area contributed by atoms with Gasteiger partial charge in [0.2, 0.25) is 5.91 Å². The fourth-order valence-electron chi connectivity index (χ4n) is 8.67. The molecule has 5 N–H and O–H groups in total. The molecule has 3 aliphatic rings. The number of benzene rings is 3. The Kier molecular flexibility index (Phi) is 12.3. The van der Waals surface area contributed by atoms with Gasteiger partial charge < -0.3 is 49.6 Å². The molecule has 0 bridgehead atoms. The second kappa shape index (κ2) is 18.1. The largest absolute Gasteiger partial charge is 0.488 e. The van der Waals surface area contributed by atoms with Gasteiger partial charge in [-0.1, -0.05) is 37.3 Å². The van der Waals surface area contributed by atoms with Crippen LogP contribution in [0.25, 0.3) is 44.4 Å². The van der Waals surface area contributed by atoms with Crippen molar-refractivity contribution in [2.75, 3.05) is 47.1 Å². The Labute approximate surface area is 348 Å². The Balaban J connectivity index is 0.966. The number of aromatic amines is 2. The monoisotopic (exact) mass is 820 g/mol. The Hall–Kier alpha value is -5.97. The molecular weight excluding hydrogens is 769 g/mol. The lowest BCUT2D eigenvalue weighted by atomic mass is 9.90. The molecule has 3 aliphatic heterocycles. The van der Waals surface area contributed by atoms with Crippen molar-refractivity contribution >= 4 is 28.9 Å². The molecule has 0 radical (unpaired) electrons. The molecule has 60 heavy (non-hydrogen) atoms. The van der Waals surface area contributed by atoms with Gasteiger partial charge in [0, 0.05) is 42.8 Å². The summed E-state index contributed by atoms with van der Waals surface area (Å²) in [7, 11) is 2.59. The van der Waals surface area contributed by atoms with Crippen molar-refractivity contribution in [2.24, 2.45) is 5.92 Å². The predicted octanol–water partition coefficient (Wildman–Crippen LogP) is 5.88. The van der Waals surface area contributed by atoms with Gasteiger partial charge >= 0.3 is 12.2 Å². The number of nitrogens with zero attached hydrogens (tertiary/aromatic N) is 4. The van der Waals surface area contributed by atoms with Gasteiger partial charge in [-0.3, -0.25) is 9.69 Å². The van der Waals surface area contributed by atoms with E-state index in [-0.39, 0.29) is 24.4 Å². The van der Waals surface area contributed by atoms with Gasteiger partial charge in [0.25, 0.3) is 0 Å². The number of alkyl carbamates (subject to hydrolysis) is 2. The number of rotatable bonds is 13. The summed E-state index contributed by atoms with van der Waals surface area (Å²) in [6.07, 6.45) is 5.32. The van der Waals surface area contributed by atoms with Gasteiger partial charge in [-0.05, 0) is 78.3 Å². The van der Waals surface area contributed by atoms with Crippen molar-refractivity contribution in [2.45, 2.75) is 70.5 Å². The van der Waals surface area contributed by atoms with Crippen LogP contribution in [-0.2, 0) is 32.2 Å². The molecule has 0 aliphatic carbocycles. The third-order valence-electron chi connectivity index (χ3n) is 11.8. The summed E-state index contributed by atoms with van der Waals surface area (Å²) in [5.41, 5.74) is 6.83. The number of aliphatic hydroxyl groups is 1. The molecule has 316 valence electrons. The molecule has 2 saturated heterocycles. The molecule has 0 saturated carbocycles. The molecule has 16 heteroatoms. The summed E-state index contributed by atoms with van der Waals surface area (Å²) < 4.78 is 21.5. The summed E-state index contributed by atoms with van der Waals surface area (Å²) in [4.78, 5) is 57.8. The van der Waals surface area contributed by atoms with Crippen LogP contribution in [0.1, 0.15) is 62.3 Å². The minimum absolute atomic E-state index is 0.0332. The first kappa shape index (κ1) is 40.8. The molecule has 3 unspecified atom stereocenters. The van der Waals surface area contributed by atoms with E-state index >= 15 is 0 Å². The van der Waals surface area contributed by atoms with Crippen LogP contribution in [-0.4, -0.2) is 112 Å². The molecule has 3 amide bonds. The molecule has 2 fully saturated rings. The fraction of sp³-hybridized carbons (Fsp3) is 0.432. The zero-order valence-corrected chi connectivity index (χ0v) is 34.2. The SMILES string of the molecule is CCCN(Cc1ncc(-c2ccc3c4c(ccc3c2)-c2ccc(-c3cnc(C5CCCN5C(=O)C(NC(=O)OC)C5CCOCC5)[nH]3)cc2CO4)[nH]1)C(O)CNC(=O)OC. The van der Waals surface area contributed by atoms with Crippen molar-refractivity contribution in [3.05, 3.63) is 78.1 Å². The van der Waals surface area contributed by atoms with E-state index in [1.165, 1.54) is 14.2 Å². The predicted molar refractivity (Wildman–Crippen MR) is 223 cm³/mol. The second-order valence-electron chi connectivity index (χ2n) is 15.5. The number of aromatic nitrogens is 4. The lowest BCUT2D eigenvalue weighted by Crippen LogP contribution is -2.53. The van der Waals surface area contributed by atoms with Crippen molar-refractivity contribution < 1.29 is 38.4 Å². The van der Waals surface area contributed by atoms with Crippen LogP contribution in [0, 0.1) is 5.92 Å². The van der Waals surface area contributed by atoms with Gasteiger partial charge in [0.15, 0.2) is 0 Å². The zero-order chi connectivity index (χ0) is 41.8. The first-order valence-electron chi connectivity index (χ1n) is 20.6. The van der Waals surface area contributed by atoms with Crippen LogP contribution in [0.5, 0.6) is 5.75 Å². The number of carbonyl (C=O) groups excluding carboxylic acids is 3. The van der Waals surface area contributed by atoms with Gasteiger partial charge in [0.05, 0.1) is 57.1 Å². The van der Waals surface area contributed by atoms with E-state index in [4.69, 9.17) is 19.2 Å². The zero-order valence-electron chi connectivity index (χ0n) is 34.2. The minimum Gasteiger partial charge on any atom is -0.488 e. The van der Waals surface area contributed by atoms with Crippen LogP contribution in [0.15, 0.2) is 60.9 Å². The first-order valence-corrected chi connectivity index (χ1v) is 20.6. The maximum Gasteiger partial charge on any atom is 0.407 e. The number of H-pyrrole nitrogens is 2. The van der Waals surface area contributed by atoms with Crippen LogP contribution in [0.3, 0.4) is 0 Å². The topological polar surface area (TPSA) is 196 Å². The van der Waals surface area contributed by atoms with E-state index in [9.17, 15) is 19.5 Å². The second-order valence-corrected chi connectivity index (χ2v) is 15.5. The highest BCUT2D eigenvalue weighted by atomic mass is 16.5. The van der Waals surface area contributed by atoms with Gasteiger partial charge in [0.1, 0.15) is 36.3 Å². The van der Waals surface area contributed by atoms with Gasteiger partial charge in [-0.25, -0.2) is 19.6 Å². The van der Waals surface area contributed by atoms with Crippen LogP contribution >= 0.6 is 0 Å². The Morgan fingerprint density at radius 1 is 0.950 bits per heavy atom. The average molecular weight is 821 g/mol. The molecule has 5 aromatic rings. The third kappa shape index (κ3) is 8.53. The quantitative estimate of drug-likeness (QED) is 0.0890. The van der Waals surface area contributed by atoms with E-state index in [1.807, 2.05) is 22.9 Å². The highest BCUT2D eigenvalue weighted by molar-refractivity contribution is 5.98. The maximum absolute atomic E-state index is 14.0. The Morgan fingerprint density at radius 2 is 1.70 bits per heavy atom. The number of hydrogen-bond acceptors (Lipinski definition) is 11. The summed E-state index contributed by atoms with van der Waals surface area (Å²) >= 11 is 0. The molecule has 3 atom stereocenters. The Morgan fingerprint density at radius 3 is 2.50 bits per heavy atom. The summed E-state index contributed by atoms with van der Waals surface area (Å²) in [6, 6.07) is 15.9. The number of methoxy groups -OCH3 is 2. The molecule has 2 aromatic heterocycles. The molecule has 8 rings (SSSR count). The van der Waals surface area contributed by atoms with E-state index in [2.05, 4.69) is 78.9 Å². The normalized spacial score (nSPS) is 17.4. The van der Waals surface area contributed by atoms with E-state index in [1.54, 1.807) is 6.20 Å². The number of nitrogens with one attached hydrogen (secondary N) is 4.